The van der Waals surface area contributed by atoms with Crippen molar-refractivity contribution >= 4 is 0 Å². The molecule has 1 aromatic heterocycles. The second-order valence-corrected chi connectivity index (χ2v) is 3.48. The van der Waals surface area contributed by atoms with Gasteiger partial charge in [-0.25, -0.2) is 0 Å². The van der Waals surface area contributed by atoms with Crippen LogP contribution in [0.15, 0.2) is 41.0 Å². The molecule has 2 rings (SSSR count). The number of furan rings is 1. The van der Waals surface area contributed by atoms with E-state index >= 15 is 0 Å². The molecule has 1 aromatic carbocycles. The Morgan fingerprint density at radius 2 is 1.75 bits per heavy atom. The van der Waals surface area contributed by atoms with E-state index in [0.29, 0.717) is 5.56 Å². The van der Waals surface area contributed by atoms with Crippen LogP contribution in [0.4, 0.5) is 13.2 Å². The fraction of sp³-hybridized carbons (Fsp3) is 0.167. The van der Waals surface area contributed by atoms with E-state index in [1.165, 1.54) is 18.4 Å². The number of hydrogen-bond acceptors (Lipinski definition) is 1. The van der Waals surface area contributed by atoms with Gasteiger partial charge in [0.05, 0.1) is 11.8 Å². The number of halogens is 3. The lowest BCUT2D eigenvalue weighted by atomic mass is 10.0. The minimum Gasteiger partial charge on any atom is -0.464 e. The number of rotatable bonds is 1. The first-order valence-electron chi connectivity index (χ1n) is 4.71. The van der Waals surface area contributed by atoms with Crippen molar-refractivity contribution in [1.82, 2.24) is 0 Å². The Morgan fingerprint density at radius 1 is 1.06 bits per heavy atom. The molecule has 1 nitrogen and oxygen atoms in total. The van der Waals surface area contributed by atoms with Crippen molar-refractivity contribution in [3.8, 4) is 11.3 Å². The summed E-state index contributed by atoms with van der Waals surface area (Å²) in [7, 11) is 0. The summed E-state index contributed by atoms with van der Waals surface area (Å²) in [6, 6.07) is 7.03. The quantitative estimate of drug-likeness (QED) is 0.707. The van der Waals surface area contributed by atoms with Crippen molar-refractivity contribution in [2.24, 2.45) is 0 Å². The van der Waals surface area contributed by atoms with Gasteiger partial charge in [-0.3, -0.25) is 0 Å². The van der Waals surface area contributed by atoms with E-state index < -0.39 is 11.7 Å². The van der Waals surface area contributed by atoms with Gasteiger partial charge in [-0.2, -0.15) is 13.2 Å². The van der Waals surface area contributed by atoms with Crippen LogP contribution in [0, 0.1) is 6.92 Å². The summed E-state index contributed by atoms with van der Waals surface area (Å²) < 4.78 is 43.3. The summed E-state index contributed by atoms with van der Waals surface area (Å²) in [5, 5.41) is 0. The molecule has 0 amide bonds. The largest absolute Gasteiger partial charge is 0.464 e. The summed E-state index contributed by atoms with van der Waals surface area (Å²) in [6.07, 6.45) is -2.98. The molecule has 16 heavy (non-hydrogen) atoms. The maximum Gasteiger partial charge on any atom is 0.417 e. The molecule has 1 heterocycles. The maximum atomic E-state index is 12.7. The SMILES string of the molecule is Cc1ccoc1-c1ccccc1C(F)(F)F. The molecule has 4 heteroatoms. The minimum absolute atomic E-state index is 0.0810. The molecule has 0 aliphatic carbocycles. The molecule has 0 atom stereocenters. The predicted molar refractivity (Wildman–Crippen MR) is 53.9 cm³/mol. The number of aryl methyl sites for hydroxylation is 1. The Balaban J connectivity index is 2.62. The van der Waals surface area contributed by atoms with Gasteiger partial charge in [0.1, 0.15) is 5.76 Å². The Labute approximate surface area is 90.5 Å². The highest BCUT2D eigenvalue weighted by atomic mass is 19.4. The molecule has 0 spiro atoms. The van der Waals surface area contributed by atoms with E-state index in [9.17, 15) is 13.2 Å². The summed E-state index contributed by atoms with van der Waals surface area (Å²) in [6.45, 7) is 1.71. The smallest absolute Gasteiger partial charge is 0.417 e. The van der Waals surface area contributed by atoms with Crippen LogP contribution in [0.3, 0.4) is 0 Å². The molecule has 0 N–H and O–H groups in total. The molecule has 0 saturated carbocycles. The van der Waals surface area contributed by atoms with E-state index in [0.717, 1.165) is 6.07 Å². The molecule has 0 aliphatic heterocycles. The fourth-order valence-electron chi connectivity index (χ4n) is 1.58. The van der Waals surface area contributed by atoms with Gasteiger partial charge in [0, 0.05) is 5.56 Å². The third-order valence-electron chi connectivity index (χ3n) is 2.34. The van der Waals surface area contributed by atoms with Gasteiger partial charge in [0.25, 0.3) is 0 Å². The average molecular weight is 226 g/mol. The molecule has 0 saturated heterocycles. The topological polar surface area (TPSA) is 13.1 Å². The van der Waals surface area contributed by atoms with Gasteiger partial charge in [-0.15, -0.1) is 0 Å². The van der Waals surface area contributed by atoms with Gasteiger partial charge >= 0.3 is 6.18 Å². The summed E-state index contributed by atoms with van der Waals surface area (Å²) >= 11 is 0. The van der Waals surface area contributed by atoms with Crippen LogP contribution in [-0.4, -0.2) is 0 Å². The van der Waals surface area contributed by atoms with Gasteiger partial charge in [0.2, 0.25) is 0 Å². The fourth-order valence-corrected chi connectivity index (χ4v) is 1.58. The van der Waals surface area contributed by atoms with Crippen LogP contribution in [-0.2, 0) is 6.18 Å². The van der Waals surface area contributed by atoms with E-state index in [1.807, 2.05) is 0 Å². The Kier molecular flexibility index (Phi) is 2.50. The first kappa shape index (κ1) is 10.8. The Bertz CT molecular complexity index is 497. The van der Waals surface area contributed by atoms with Crippen molar-refractivity contribution in [2.45, 2.75) is 13.1 Å². The molecule has 0 unspecified atom stereocenters. The summed E-state index contributed by atoms with van der Waals surface area (Å²) in [5.74, 6) is 0.271. The summed E-state index contributed by atoms with van der Waals surface area (Å²) in [4.78, 5) is 0. The van der Waals surface area contributed by atoms with Crippen molar-refractivity contribution in [1.29, 1.82) is 0 Å². The first-order chi connectivity index (χ1) is 7.50. The van der Waals surface area contributed by atoms with Crippen molar-refractivity contribution in [3.05, 3.63) is 47.7 Å². The third kappa shape index (κ3) is 1.83. The second kappa shape index (κ2) is 3.70. The van der Waals surface area contributed by atoms with E-state index in [-0.39, 0.29) is 11.3 Å². The maximum absolute atomic E-state index is 12.7. The lowest BCUT2D eigenvalue weighted by molar-refractivity contribution is -0.137. The monoisotopic (exact) mass is 226 g/mol. The van der Waals surface area contributed by atoms with Gasteiger partial charge in [-0.05, 0) is 24.6 Å². The second-order valence-electron chi connectivity index (χ2n) is 3.48. The number of benzene rings is 1. The van der Waals surface area contributed by atoms with Crippen LogP contribution in [0.5, 0.6) is 0 Å². The molecule has 0 bridgehead atoms. The average Bonchev–Trinajstić information content (AvgIpc) is 2.63. The zero-order valence-electron chi connectivity index (χ0n) is 8.51. The standard InChI is InChI=1S/C12H9F3O/c1-8-6-7-16-11(8)9-4-2-3-5-10(9)12(13,14)15/h2-7H,1H3. The number of hydrogen-bond donors (Lipinski definition) is 0. The Hall–Kier alpha value is -1.71. The first-order valence-corrected chi connectivity index (χ1v) is 4.71. The molecule has 84 valence electrons. The van der Waals surface area contributed by atoms with E-state index in [2.05, 4.69) is 0 Å². The van der Waals surface area contributed by atoms with Crippen molar-refractivity contribution in [2.75, 3.05) is 0 Å². The van der Waals surface area contributed by atoms with Gasteiger partial charge in [-0.1, -0.05) is 18.2 Å². The normalized spacial score (nSPS) is 11.8. The van der Waals surface area contributed by atoms with Crippen LogP contribution in [0.1, 0.15) is 11.1 Å². The van der Waals surface area contributed by atoms with Crippen molar-refractivity contribution in [3.63, 3.8) is 0 Å². The molecule has 2 aromatic rings. The molecular weight excluding hydrogens is 217 g/mol. The third-order valence-corrected chi connectivity index (χ3v) is 2.34. The highest BCUT2D eigenvalue weighted by Gasteiger charge is 2.34. The summed E-state index contributed by atoms with van der Waals surface area (Å²) in [5.41, 5.74) is 0.0993. The zero-order valence-corrected chi connectivity index (χ0v) is 8.51. The highest BCUT2D eigenvalue weighted by molar-refractivity contribution is 5.65. The van der Waals surface area contributed by atoms with Crippen molar-refractivity contribution < 1.29 is 17.6 Å². The predicted octanol–water partition coefficient (Wildman–Crippen LogP) is 4.27. The van der Waals surface area contributed by atoms with Crippen LogP contribution in [0.25, 0.3) is 11.3 Å². The van der Waals surface area contributed by atoms with Gasteiger partial charge in [0.15, 0.2) is 0 Å². The van der Waals surface area contributed by atoms with Gasteiger partial charge < -0.3 is 4.42 Å². The lowest BCUT2D eigenvalue weighted by Crippen LogP contribution is -2.06. The zero-order chi connectivity index (χ0) is 11.8. The van der Waals surface area contributed by atoms with Crippen LogP contribution < -0.4 is 0 Å². The Morgan fingerprint density at radius 3 is 2.31 bits per heavy atom. The molecular formula is C12H9F3O. The van der Waals surface area contributed by atoms with Crippen LogP contribution >= 0.6 is 0 Å². The number of alkyl halides is 3. The lowest BCUT2D eigenvalue weighted by Gasteiger charge is -2.11. The molecule has 0 radical (unpaired) electrons. The molecule has 0 aliphatic rings. The highest BCUT2D eigenvalue weighted by Crippen LogP contribution is 2.38. The van der Waals surface area contributed by atoms with E-state index in [1.54, 1.807) is 19.1 Å². The minimum atomic E-state index is -4.37. The van der Waals surface area contributed by atoms with E-state index in [4.69, 9.17) is 4.42 Å². The van der Waals surface area contributed by atoms with Crippen LogP contribution in [0.2, 0.25) is 0 Å². The molecule has 0 fully saturated rings.